The van der Waals surface area contributed by atoms with Crippen LogP contribution in [-0.4, -0.2) is 6.29 Å². The van der Waals surface area contributed by atoms with Gasteiger partial charge in [0.05, 0.1) is 5.02 Å². The van der Waals surface area contributed by atoms with Gasteiger partial charge in [-0.15, -0.1) is 0 Å². The van der Waals surface area contributed by atoms with Crippen molar-refractivity contribution in [1.29, 1.82) is 0 Å². The summed E-state index contributed by atoms with van der Waals surface area (Å²) in [5.74, 6) is 0. The quantitative estimate of drug-likeness (QED) is 0.719. The number of hydrogen-bond acceptors (Lipinski definition) is 1. The van der Waals surface area contributed by atoms with E-state index in [0.717, 1.165) is 17.4 Å². The summed E-state index contributed by atoms with van der Waals surface area (Å²) in [5.41, 5.74) is 2.04. The van der Waals surface area contributed by atoms with E-state index in [1.54, 1.807) is 18.2 Å². The van der Waals surface area contributed by atoms with E-state index in [9.17, 15) is 4.79 Å². The van der Waals surface area contributed by atoms with Gasteiger partial charge in [-0.2, -0.15) is 0 Å². The molecular weight excluding hydrogens is 243 g/mol. The van der Waals surface area contributed by atoms with Crippen molar-refractivity contribution in [3.05, 3.63) is 58.1 Å². The molecule has 16 heavy (non-hydrogen) atoms. The van der Waals surface area contributed by atoms with E-state index in [2.05, 4.69) is 0 Å². The van der Waals surface area contributed by atoms with Crippen LogP contribution in [0.2, 0.25) is 10.0 Å². The molecule has 0 fully saturated rings. The molecule has 0 aliphatic rings. The van der Waals surface area contributed by atoms with Crippen molar-refractivity contribution in [2.45, 2.75) is 0 Å². The minimum atomic E-state index is 0.437. The lowest BCUT2D eigenvalue weighted by molar-refractivity contribution is 0.112. The summed E-state index contributed by atoms with van der Waals surface area (Å²) in [6.45, 7) is 0. The van der Waals surface area contributed by atoms with Crippen LogP contribution in [0.15, 0.2) is 42.5 Å². The maximum absolute atomic E-state index is 11.0. The summed E-state index contributed by atoms with van der Waals surface area (Å²) in [6, 6.07) is 12.7. The molecule has 0 saturated heterocycles. The summed E-state index contributed by atoms with van der Waals surface area (Å²) in [4.78, 5) is 11.0. The molecule has 0 N–H and O–H groups in total. The first-order valence-electron chi connectivity index (χ1n) is 4.72. The SMILES string of the molecule is O=Cc1c(Cl)cccc1-c1ccccc1Cl. The molecule has 0 aliphatic heterocycles. The average Bonchev–Trinajstić information content (AvgIpc) is 2.29. The van der Waals surface area contributed by atoms with E-state index in [0.29, 0.717) is 15.6 Å². The van der Waals surface area contributed by atoms with Crippen molar-refractivity contribution >= 4 is 29.5 Å². The molecule has 0 heterocycles. The highest BCUT2D eigenvalue weighted by molar-refractivity contribution is 6.35. The molecule has 0 unspecified atom stereocenters. The lowest BCUT2D eigenvalue weighted by Crippen LogP contribution is -1.89. The van der Waals surface area contributed by atoms with E-state index in [-0.39, 0.29) is 0 Å². The molecule has 2 aromatic rings. The highest BCUT2D eigenvalue weighted by atomic mass is 35.5. The number of benzene rings is 2. The Labute approximate surface area is 104 Å². The number of halogens is 2. The topological polar surface area (TPSA) is 17.1 Å². The fourth-order valence-corrected chi connectivity index (χ4v) is 2.03. The Balaban J connectivity index is 2.69. The zero-order valence-electron chi connectivity index (χ0n) is 8.28. The molecule has 0 spiro atoms. The molecule has 0 amide bonds. The van der Waals surface area contributed by atoms with Crippen LogP contribution in [0.25, 0.3) is 11.1 Å². The third-order valence-electron chi connectivity index (χ3n) is 2.33. The number of carbonyl (C=O) groups excluding carboxylic acids is 1. The van der Waals surface area contributed by atoms with Crippen LogP contribution in [0.4, 0.5) is 0 Å². The van der Waals surface area contributed by atoms with Crippen molar-refractivity contribution < 1.29 is 4.79 Å². The van der Waals surface area contributed by atoms with E-state index in [1.807, 2.05) is 24.3 Å². The molecule has 3 heteroatoms. The van der Waals surface area contributed by atoms with Gasteiger partial charge in [0.15, 0.2) is 6.29 Å². The lowest BCUT2D eigenvalue weighted by Gasteiger charge is -2.08. The van der Waals surface area contributed by atoms with Crippen LogP contribution >= 0.6 is 23.2 Å². The Morgan fingerprint density at radius 1 is 0.812 bits per heavy atom. The first-order chi connectivity index (χ1) is 7.74. The predicted octanol–water partition coefficient (Wildman–Crippen LogP) is 4.47. The van der Waals surface area contributed by atoms with Gasteiger partial charge in [0.25, 0.3) is 0 Å². The van der Waals surface area contributed by atoms with Crippen molar-refractivity contribution in [1.82, 2.24) is 0 Å². The molecule has 0 saturated carbocycles. The van der Waals surface area contributed by atoms with E-state index in [1.165, 1.54) is 0 Å². The minimum absolute atomic E-state index is 0.437. The van der Waals surface area contributed by atoms with Crippen LogP contribution < -0.4 is 0 Å². The molecule has 0 bridgehead atoms. The molecular formula is C13H8Cl2O. The first kappa shape index (κ1) is 11.2. The van der Waals surface area contributed by atoms with Crippen LogP contribution in [0.3, 0.4) is 0 Å². The number of rotatable bonds is 2. The average molecular weight is 251 g/mol. The summed E-state index contributed by atoms with van der Waals surface area (Å²) in [7, 11) is 0. The second-order valence-electron chi connectivity index (χ2n) is 3.30. The number of carbonyl (C=O) groups is 1. The highest BCUT2D eigenvalue weighted by Gasteiger charge is 2.10. The summed E-state index contributed by atoms with van der Waals surface area (Å²) in [5, 5.41) is 1.04. The lowest BCUT2D eigenvalue weighted by atomic mass is 10.0. The van der Waals surface area contributed by atoms with Gasteiger partial charge >= 0.3 is 0 Å². The van der Waals surface area contributed by atoms with E-state index < -0.39 is 0 Å². The van der Waals surface area contributed by atoms with Crippen LogP contribution in [0.1, 0.15) is 10.4 Å². The van der Waals surface area contributed by atoms with Crippen molar-refractivity contribution in [3.63, 3.8) is 0 Å². The van der Waals surface area contributed by atoms with Gasteiger partial charge in [-0.3, -0.25) is 4.79 Å². The molecule has 0 aromatic heterocycles. The van der Waals surface area contributed by atoms with Gasteiger partial charge in [0.2, 0.25) is 0 Å². The van der Waals surface area contributed by atoms with Crippen LogP contribution in [-0.2, 0) is 0 Å². The monoisotopic (exact) mass is 250 g/mol. The summed E-state index contributed by atoms with van der Waals surface area (Å²) in [6.07, 6.45) is 0.751. The highest BCUT2D eigenvalue weighted by Crippen LogP contribution is 2.32. The maximum Gasteiger partial charge on any atom is 0.152 e. The Kier molecular flexibility index (Phi) is 3.28. The van der Waals surface area contributed by atoms with Crippen molar-refractivity contribution in [2.75, 3.05) is 0 Å². The largest absolute Gasteiger partial charge is 0.298 e. The van der Waals surface area contributed by atoms with Gasteiger partial charge in [0.1, 0.15) is 0 Å². The van der Waals surface area contributed by atoms with Crippen LogP contribution in [0.5, 0.6) is 0 Å². The van der Waals surface area contributed by atoms with Crippen molar-refractivity contribution in [2.24, 2.45) is 0 Å². The normalized spacial score (nSPS) is 10.1. The third kappa shape index (κ3) is 1.97. The zero-order valence-corrected chi connectivity index (χ0v) is 9.79. The van der Waals surface area contributed by atoms with Gasteiger partial charge < -0.3 is 0 Å². The Hall–Kier alpha value is -1.31. The second-order valence-corrected chi connectivity index (χ2v) is 4.11. The standard InChI is InChI=1S/C13H8Cl2O/c14-12-6-2-1-4-10(12)9-5-3-7-13(15)11(9)8-16/h1-8H. The minimum Gasteiger partial charge on any atom is -0.298 e. The van der Waals surface area contributed by atoms with E-state index >= 15 is 0 Å². The van der Waals surface area contributed by atoms with Gasteiger partial charge in [-0.05, 0) is 17.7 Å². The van der Waals surface area contributed by atoms with E-state index in [4.69, 9.17) is 23.2 Å². The first-order valence-corrected chi connectivity index (χ1v) is 5.48. The maximum atomic E-state index is 11.0. The van der Waals surface area contributed by atoms with Crippen molar-refractivity contribution in [3.8, 4) is 11.1 Å². The van der Waals surface area contributed by atoms with Gasteiger partial charge in [0, 0.05) is 16.1 Å². The Morgan fingerprint density at radius 3 is 2.12 bits per heavy atom. The molecule has 2 aromatic carbocycles. The Morgan fingerprint density at radius 2 is 1.44 bits per heavy atom. The fourth-order valence-electron chi connectivity index (χ4n) is 1.57. The molecule has 0 radical (unpaired) electrons. The van der Waals surface area contributed by atoms with Gasteiger partial charge in [-0.25, -0.2) is 0 Å². The molecule has 0 aliphatic carbocycles. The summed E-state index contributed by atoms with van der Waals surface area (Å²) >= 11 is 12.0. The molecule has 2 rings (SSSR count). The number of hydrogen-bond donors (Lipinski definition) is 0. The Bertz CT molecular complexity index is 535. The molecule has 80 valence electrons. The molecule has 1 nitrogen and oxygen atoms in total. The third-order valence-corrected chi connectivity index (χ3v) is 2.99. The zero-order chi connectivity index (χ0) is 11.5. The number of aldehydes is 1. The second kappa shape index (κ2) is 4.69. The van der Waals surface area contributed by atoms with Crippen LogP contribution in [0, 0.1) is 0 Å². The van der Waals surface area contributed by atoms with Gasteiger partial charge in [-0.1, -0.05) is 53.5 Å². The summed E-state index contributed by atoms with van der Waals surface area (Å²) < 4.78 is 0. The predicted molar refractivity (Wildman–Crippen MR) is 67.3 cm³/mol. The smallest absolute Gasteiger partial charge is 0.152 e. The fraction of sp³-hybridized carbons (Fsp3) is 0. The molecule has 0 atom stereocenters.